The Morgan fingerprint density at radius 1 is 0.682 bits per heavy atom. The molecule has 0 aromatic rings. The van der Waals surface area contributed by atoms with Gasteiger partial charge in [0.2, 0.25) is 5.91 Å². The zero-order valence-electron chi connectivity index (χ0n) is 13.9. The van der Waals surface area contributed by atoms with Crippen LogP contribution in [-0.2, 0) is 14.4 Å². The molecule has 1 amide bonds. The number of nitrogens with two attached hydrogens (primary N) is 1. The summed E-state index contributed by atoms with van der Waals surface area (Å²) < 4.78 is 0. The number of rotatable bonds is 15. The lowest BCUT2D eigenvalue weighted by molar-refractivity contribution is -0.118. The highest BCUT2D eigenvalue weighted by atomic mass is 16.1. The molecule has 0 saturated heterocycles. The Hall–Kier alpha value is -1.45. The van der Waals surface area contributed by atoms with Gasteiger partial charge in [0, 0.05) is 19.3 Å². The number of ketones is 2. The van der Waals surface area contributed by atoms with Gasteiger partial charge in [-0.05, 0) is 31.4 Å². The summed E-state index contributed by atoms with van der Waals surface area (Å²) in [5.41, 5.74) is 5.06. The van der Waals surface area contributed by atoms with E-state index in [1.54, 1.807) is 0 Å². The van der Waals surface area contributed by atoms with Gasteiger partial charge >= 0.3 is 0 Å². The molecule has 126 valence electrons. The van der Waals surface area contributed by atoms with Gasteiger partial charge in [-0.15, -0.1) is 0 Å². The molecule has 22 heavy (non-hydrogen) atoms. The van der Waals surface area contributed by atoms with Crippen molar-refractivity contribution < 1.29 is 14.4 Å². The minimum atomic E-state index is -0.250. The third-order valence-corrected chi connectivity index (χ3v) is 3.58. The first-order valence-electron chi connectivity index (χ1n) is 8.58. The molecule has 0 heterocycles. The van der Waals surface area contributed by atoms with E-state index < -0.39 is 0 Å². The molecule has 0 atom stereocenters. The van der Waals surface area contributed by atoms with Crippen LogP contribution >= 0.6 is 0 Å². The van der Waals surface area contributed by atoms with Crippen LogP contribution < -0.4 is 5.73 Å². The number of allylic oxidation sites excluding steroid dienone is 2. The highest BCUT2D eigenvalue weighted by Gasteiger charge is 2.01. The Kier molecular flexibility index (Phi) is 13.5. The molecule has 0 bridgehead atoms. The summed E-state index contributed by atoms with van der Waals surface area (Å²) in [4.78, 5) is 33.7. The number of carbonyl (C=O) groups is 3. The summed E-state index contributed by atoms with van der Waals surface area (Å²) in [6.45, 7) is 2.14. The van der Waals surface area contributed by atoms with Crippen LogP contribution in [-0.4, -0.2) is 17.5 Å². The monoisotopic (exact) mass is 309 g/mol. The Labute approximate surface area is 134 Å². The molecule has 0 aliphatic heterocycles. The fourth-order valence-corrected chi connectivity index (χ4v) is 2.21. The van der Waals surface area contributed by atoms with Crippen molar-refractivity contribution >= 4 is 17.5 Å². The molecular formula is C18H31NO3. The maximum atomic E-state index is 11.6. The van der Waals surface area contributed by atoms with Crippen LogP contribution in [0.25, 0.3) is 0 Å². The minimum absolute atomic E-state index is 0.0269. The molecule has 0 saturated carbocycles. The first kappa shape index (κ1) is 20.6. The maximum absolute atomic E-state index is 11.6. The Balaban J connectivity index is 3.53. The molecule has 0 aromatic carbocycles. The topological polar surface area (TPSA) is 77.2 Å². The molecule has 0 aliphatic rings. The van der Waals surface area contributed by atoms with E-state index in [9.17, 15) is 14.4 Å². The van der Waals surface area contributed by atoms with Gasteiger partial charge in [-0.25, -0.2) is 0 Å². The molecule has 0 aliphatic carbocycles. The Morgan fingerprint density at radius 3 is 1.55 bits per heavy atom. The van der Waals surface area contributed by atoms with E-state index in [4.69, 9.17) is 5.73 Å². The van der Waals surface area contributed by atoms with Crippen LogP contribution in [0.4, 0.5) is 0 Å². The van der Waals surface area contributed by atoms with Crippen LogP contribution in [0.2, 0.25) is 0 Å². The number of hydrogen-bond donors (Lipinski definition) is 1. The van der Waals surface area contributed by atoms with Crippen molar-refractivity contribution in [3.63, 3.8) is 0 Å². The molecule has 2 N–H and O–H groups in total. The fraction of sp³-hybridized carbons (Fsp3) is 0.722. The summed E-state index contributed by atoms with van der Waals surface area (Å²) in [5, 5.41) is 0. The standard InChI is InChI=1S/C18H31NO3/c1-2-3-4-8-11-16(20)14-15-17(21)12-9-6-5-7-10-13-18(19)22/h14-15H,2-13H2,1H3,(H2,19,22). The van der Waals surface area contributed by atoms with E-state index in [1.807, 2.05) is 0 Å². The van der Waals surface area contributed by atoms with Crippen LogP contribution in [0.15, 0.2) is 12.2 Å². The average Bonchev–Trinajstić information content (AvgIpc) is 2.48. The summed E-state index contributed by atoms with van der Waals surface area (Å²) in [7, 11) is 0. The molecular weight excluding hydrogens is 278 g/mol. The number of unbranched alkanes of at least 4 members (excludes halogenated alkanes) is 7. The second-order valence-corrected chi connectivity index (χ2v) is 5.81. The van der Waals surface area contributed by atoms with E-state index in [-0.39, 0.29) is 17.5 Å². The van der Waals surface area contributed by atoms with Crippen molar-refractivity contribution in [1.82, 2.24) is 0 Å². The van der Waals surface area contributed by atoms with Gasteiger partial charge < -0.3 is 5.73 Å². The minimum Gasteiger partial charge on any atom is -0.370 e. The van der Waals surface area contributed by atoms with Gasteiger partial charge in [0.1, 0.15) is 0 Å². The first-order valence-corrected chi connectivity index (χ1v) is 8.58. The molecule has 0 spiro atoms. The van der Waals surface area contributed by atoms with Crippen molar-refractivity contribution in [2.75, 3.05) is 0 Å². The molecule has 4 nitrogen and oxygen atoms in total. The second kappa shape index (κ2) is 14.5. The molecule has 0 fully saturated rings. The molecule has 0 radical (unpaired) electrons. The van der Waals surface area contributed by atoms with Gasteiger partial charge in [0.25, 0.3) is 0 Å². The van der Waals surface area contributed by atoms with Crippen molar-refractivity contribution in [2.45, 2.75) is 84.0 Å². The molecule has 0 aromatic heterocycles. The van der Waals surface area contributed by atoms with Crippen molar-refractivity contribution in [3.8, 4) is 0 Å². The molecule has 0 rings (SSSR count). The molecule has 0 unspecified atom stereocenters. The third kappa shape index (κ3) is 14.9. The lowest BCUT2D eigenvalue weighted by atomic mass is 10.1. The molecule has 4 heteroatoms. The van der Waals surface area contributed by atoms with Crippen LogP contribution in [0, 0.1) is 0 Å². The van der Waals surface area contributed by atoms with Crippen LogP contribution in [0.3, 0.4) is 0 Å². The van der Waals surface area contributed by atoms with E-state index in [1.165, 1.54) is 12.2 Å². The zero-order chi connectivity index (χ0) is 16.6. The largest absolute Gasteiger partial charge is 0.370 e. The van der Waals surface area contributed by atoms with Crippen LogP contribution in [0.1, 0.15) is 84.0 Å². The summed E-state index contributed by atoms with van der Waals surface area (Å²) in [5.74, 6) is -0.172. The maximum Gasteiger partial charge on any atom is 0.217 e. The smallest absolute Gasteiger partial charge is 0.217 e. The number of hydrogen-bond acceptors (Lipinski definition) is 3. The second-order valence-electron chi connectivity index (χ2n) is 5.81. The van der Waals surface area contributed by atoms with E-state index >= 15 is 0 Å². The predicted octanol–water partition coefficient (Wildman–Crippen LogP) is 3.87. The van der Waals surface area contributed by atoms with Crippen molar-refractivity contribution in [1.29, 1.82) is 0 Å². The zero-order valence-corrected chi connectivity index (χ0v) is 13.9. The van der Waals surface area contributed by atoms with Gasteiger partial charge in [-0.3, -0.25) is 14.4 Å². The average molecular weight is 309 g/mol. The van der Waals surface area contributed by atoms with Gasteiger partial charge in [0.05, 0.1) is 0 Å². The number of amides is 1. The van der Waals surface area contributed by atoms with E-state index in [0.717, 1.165) is 57.8 Å². The highest BCUT2D eigenvalue weighted by Crippen LogP contribution is 2.08. The highest BCUT2D eigenvalue weighted by molar-refractivity contribution is 5.98. The number of primary amides is 1. The summed E-state index contributed by atoms with van der Waals surface area (Å²) in [6.07, 6.45) is 13.3. The Bertz CT molecular complexity index is 361. The summed E-state index contributed by atoms with van der Waals surface area (Å²) in [6, 6.07) is 0. The normalized spacial score (nSPS) is 11.0. The van der Waals surface area contributed by atoms with E-state index in [2.05, 4.69) is 6.92 Å². The third-order valence-electron chi connectivity index (χ3n) is 3.58. The van der Waals surface area contributed by atoms with Gasteiger partial charge in [0.15, 0.2) is 11.6 Å². The quantitative estimate of drug-likeness (QED) is 0.368. The van der Waals surface area contributed by atoms with Crippen molar-refractivity contribution in [2.24, 2.45) is 5.73 Å². The first-order chi connectivity index (χ1) is 10.6. The van der Waals surface area contributed by atoms with Gasteiger partial charge in [-0.1, -0.05) is 45.4 Å². The van der Waals surface area contributed by atoms with E-state index in [0.29, 0.717) is 19.3 Å². The predicted molar refractivity (Wildman–Crippen MR) is 89.4 cm³/mol. The fourth-order valence-electron chi connectivity index (χ4n) is 2.21. The van der Waals surface area contributed by atoms with Crippen LogP contribution in [0.5, 0.6) is 0 Å². The van der Waals surface area contributed by atoms with Crippen molar-refractivity contribution in [3.05, 3.63) is 12.2 Å². The number of carbonyl (C=O) groups excluding carboxylic acids is 3. The van der Waals surface area contributed by atoms with Gasteiger partial charge in [-0.2, -0.15) is 0 Å². The SMILES string of the molecule is CCCCCCC(=O)C=CC(=O)CCCCCCCC(N)=O. The lowest BCUT2D eigenvalue weighted by Crippen LogP contribution is -2.09. The lowest BCUT2D eigenvalue weighted by Gasteiger charge is -1.99. The Morgan fingerprint density at radius 2 is 1.09 bits per heavy atom. The summed E-state index contributed by atoms with van der Waals surface area (Å²) >= 11 is 0.